The largest absolute Gasteiger partial charge is 0.455 e. The molecular weight excluding hydrogens is 512 g/mol. The Balaban J connectivity index is 1.78. The van der Waals surface area contributed by atoms with Crippen molar-refractivity contribution >= 4 is 17.7 Å². The van der Waals surface area contributed by atoms with Crippen molar-refractivity contribution in [1.82, 2.24) is 0 Å². The van der Waals surface area contributed by atoms with E-state index in [0.29, 0.717) is 11.1 Å². The number of carbonyl (C=O) groups is 3. The van der Waals surface area contributed by atoms with Crippen LogP contribution in [-0.2, 0) is 23.9 Å². The predicted octanol–water partition coefficient (Wildman–Crippen LogP) is 3.52. The van der Waals surface area contributed by atoms with Crippen molar-refractivity contribution in [2.24, 2.45) is 29.1 Å². The van der Waals surface area contributed by atoms with Crippen LogP contribution >= 0.6 is 0 Å². The second-order valence-electron chi connectivity index (χ2n) is 12.3. The van der Waals surface area contributed by atoms with E-state index in [2.05, 4.69) is 6.92 Å². The molecule has 8 unspecified atom stereocenters. The maximum atomic E-state index is 13.2. The molecule has 8 nitrogen and oxygen atoms in total. The minimum atomic E-state index is -1.96. The number of aliphatic hydroxyl groups excluding tert-OH is 1. The van der Waals surface area contributed by atoms with Crippen LogP contribution in [0.2, 0.25) is 0 Å². The van der Waals surface area contributed by atoms with E-state index in [-0.39, 0.29) is 6.42 Å². The smallest absolute Gasteiger partial charge is 0.331 e. The molecule has 3 N–H and O–H groups in total. The van der Waals surface area contributed by atoms with Gasteiger partial charge in [0.25, 0.3) is 0 Å². The Morgan fingerprint density at radius 3 is 2.42 bits per heavy atom. The third-order valence-corrected chi connectivity index (χ3v) is 9.67. The summed E-state index contributed by atoms with van der Waals surface area (Å²) >= 11 is 0. The number of hydrogen-bond donors (Lipinski definition) is 3. The van der Waals surface area contributed by atoms with Crippen LogP contribution in [-0.4, -0.2) is 62.6 Å². The van der Waals surface area contributed by atoms with Crippen molar-refractivity contribution < 1.29 is 39.2 Å². The van der Waals surface area contributed by atoms with Crippen LogP contribution in [0.25, 0.3) is 0 Å². The fraction of sp³-hybridized carbons (Fsp3) is 0.594. The number of esters is 2. The Morgan fingerprint density at radius 1 is 1.12 bits per heavy atom. The highest BCUT2D eigenvalue weighted by Crippen LogP contribution is 2.77. The van der Waals surface area contributed by atoms with Gasteiger partial charge in [0.15, 0.2) is 11.4 Å². The lowest BCUT2D eigenvalue weighted by Gasteiger charge is -2.53. The summed E-state index contributed by atoms with van der Waals surface area (Å²) in [6, 6.07) is 0. The standard InChI is InChI=1S/C32H42O8/c1-7-8-9-10-11-12-13-14-25(35)39-28-20(3)31(38)23(26-29(5,6)32(26,28)40-21(4)34)16-22(18-33)17-30(37)24(31)15-19(2)27(30)36/h9-16,20,23-24,26,28,33,37-38H,7-8,17-18H2,1-6H3/b10-9+,12-11+,14-13+. The van der Waals surface area contributed by atoms with Crippen molar-refractivity contribution in [2.75, 3.05) is 6.61 Å². The van der Waals surface area contributed by atoms with Crippen molar-refractivity contribution in [2.45, 2.75) is 83.7 Å². The molecule has 4 aliphatic carbocycles. The minimum absolute atomic E-state index is 0.133. The maximum absolute atomic E-state index is 13.2. The molecule has 4 rings (SSSR count). The Kier molecular flexibility index (Phi) is 7.95. The van der Waals surface area contributed by atoms with E-state index < -0.39 is 76.3 Å². The molecule has 2 saturated carbocycles. The van der Waals surface area contributed by atoms with Gasteiger partial charge in [-0.25, -0.2) is 4.79 Å². The number of rotatable bonds is 8. The molecule has 2 fully saturated rings. The highest BCUT2D eigenvalue weighted by Gasteiger charge is 2.87. The topological polar surface area (TPSA) is 130 Å². The number of aliphatic hydroxyl groups is 3. The molecule has 0 aromatic heterocycles. The summed E-state index contributed by atoms with van der Waals surface area (Å²) in [6.07, 6.45) is 14.4. The quantitative estimate of drug-likeness (QED) is 0.180. The molecule has 218 valence electrons. The van der Waals surface area contributed by atoms with E-state index in [1.54, 1.807) is 44.2 Å². The molecule has 8 heteroatoms. The van der Waals surface area contributed by atoms with E-state index in [1.165, 1.54) is 13.0 Å². The number of allylic oxidation sites excluding steroid dienone is 5. The van der Waals surface area contributed by atoms with E-state index in [4.69, 9.17) is 9.47 Å². The van der Waals surface area contributed by atoms with Crippen molar-refractivity contribution in [3.05, 3.63) is 59.8 Å². The normalized spacial score (nSPS) is 39.8. The van der Waals surface area contributed by atoms with Gasteiger partial charge in [0.1, 0.15) is 11.7 Å². The SMILES string of the molecule is CCC/C=C/C=C/C=C/C(=O)OC1C(C)C2(O)C(C=C(CO)CC3(O)C(=O)C(C)=CC32)C2C(C)(C)C12OC(C)=O. The highest BCUT2D eigenvalue weighted by atomic mass is 16.6. The van der Waals surface area contributed by atoms with Crippen molar-refractivity contribution in [1.29, 1.82) is 0 Å². The summed E-state index contributed by atoms with van der Waals surface area (Å²) in [7, 11) is 0. The highest BCUT2D eigenvalue weighted by molar-refractivity contribution is 6.04. The molecule has 0 spiro atoms. The van der Waals surface area contributed by atoms with Crippen LogP contribution in [0.1, 0.15) is 60.8 Å². The zero-order valence-corrected chi connectivity index (χ0v) is 24.2. The predicted molar refractivity (Wildman–Crippen MR) is 149 cm³/mol. The van der Waals surface area contributed by atoms with Gasteiger partial charge in [-0.15, -0.1) is 0 Å². The maximum Gasteiger partial charge on any atom is 0.331 e. The summed E-state index contributed by atoms with van der Waals surface area (Å²) in [5, 5.41) is 34.6. The fourth-order valence-electron chi connectivity index (χ4n) is 7.83. The van der Waals surface area contributed by atoms with Gasteiger partial charge in [-0.2, -0.15) is 0 Å². The van der Waals surface area contributed by atoms with Crippen LogP contribution in [0.5, 0.6) is 0 Å². The monoisotopic (exact) mass is 554 g/mol. The third kappa shape index (κ3) is 4.35. The summed E-state index contributed by atoms with van der Waals surface area (Å²) in [5.74, 6) is -4.80. The summed E-state index contributed by atoms with van der Waals surface area (Å²) in [5.41, 5.74) is -4.94. The summed E-state index contributed by atoms with van der Waals surface area (Å²) in [6.45, 7) is 10.1. The van der Waals surface area contributed by atoms with Gasteiger partial charge < -0.3 is 24.8 Å². The first-order valence-electron chi connectivity index (χ1n) is 14.1. The average Bonchev–Trinajstić information content (AvgIpc) is 3.31. The van der Waals surface area contributed by atoms with E-state index >= 15 is 0 Å². The summed E-state index contributed by atoms with van der Waals surface area (Å²) < 4.78 is 12.0. The Hall–Kier alpha value is -2.81. The van der Waals surface area contributed by atoms with E-state index in [1.807, 2.05) is 26.0 Å². The lowest BCUT2D eigenvalue weighted by Crippen LogP contribution is -2.66. The molecule has 0 aromatic rings. The lowest BCUT2D eigenvalue weighted by atomic mass is 9.59. The van der Waals surface area contributed by atoms with Gasteiger partial charge in [-0.05, 0) is 24.5 Å². The molecular formula is C32H42O8. The number of hydrogen-bond acceptors (Lipinski definition) is 8. The molecule has 0 amide bonds. The Morgan fingerprint density at radius 2 is 1.80 bits per heavy atom. The Bertz CT molecular complexity index is 1220. The van der Waals surface area contributed by atoms with Gasteiger partial charge in [-0.3, -0.25) is 9.59 Å². The molecule has 0 bridgehead atoms. The molecule has 0 aromatic carbocycles. The number of carbonyl (C=O) groups excluding carboxylic acids is 3. The van der Waals surface area contributed by atoms with Crippen LogP contribution < -0.4 is 0 Å². The fourth-order valence-corrected chi connectivity index (χ4v) is 7.83. The molecule has 0 heterocycles. The second kappa shape index (κ2) is 10.5. The molecule has 0 saturated heterocycles. The van der Waals surface area contributed by atoms with E-state index in [0.717, 1.165) is 12.8 Å². The van der Waals surface area contributed by atoms with Crippen LogP contribution in [0.3, 0.4) is 0 Å². The van der Waals surface area contributed by atoms with Crippen LogP contribution in [0.15, 0.2) is 59.8 Å². The number of Topliss-reactive ketones (excluding diaryl/α,β-unsaturated/α-hetero) is 1. The first-order valence-corrected chi connectivity index (χ1v) is 14.1. The molecule has 40 heavy (non-hydrogen) atoms. The molecule has 0 aliphatic heterocycles. The second-order valence-corrected chi connectivity index (χ2v) is 12.3. The third-order valence-electron chi connectivity index (χ3n) is 9.67. The van der Waals surface area contributed by atoms with Gasteiger partial charge in [-0.1, -0.05) is 76.6 Å². The first-order chi connectivity index (χ1) is 18.7. The minimum Gasteiger partial charge on any atom is -0.455 e. The number of ketones is 1. The molecule has 8 atom stereocenters. The molecule has 0 radical (unpaired) electrons. The Labute approximate surface area is 236 Å². The molecule has 4 aliphatic rings. The summed E-state index contributed by atoms with van der Waals surface area (Å²) in [4.78, 5) is 38.7. The van der Waals surface area contributed by atoms with Gasteiger partial charge in [0, 0.05) is 48.5 Å². The first kappa shape index (κ1) is 30.2. The van der Waals surface area contributed by atoms with E-state index in [9.17, 15) is 29.7 Å². The number of fused-ring (bicyclic) bond motifs is 5. The zero-order chi connectivity index (χ0) is 29.7. The van der Waals surface area contributed by atoms with Gasteiger partial charge in [0.05, 0.1) is 12.2 Å². The van der Waals surface area contributed by atoms with Crippen molar-refractivity contribution in [3.8, 4) is 0 Å². The van der Waals surface area contributed by atoms with Gasteiger partial charge in [0.2, 0.25) is 0 Å². The number of unbranched alkanes of at least 4 members (excludes halogenated alkanes) is 1. The lowest BCUT2D eigenvalue weighted by molar-refractivity contribution is -0.226. The average molecular weight is 555 g/mol. The van der Waals surface area contributed by atoms with Crippen LogP contribution in [0, 0.1) is 29.1 Å². The van der Waals surface area contributed by atoms with Gasteiger partial charge >= 0.3 is 11.9 Å². The zero-order valence-electron chi connectivity index (χ0n) is 24.2. The number of ether oxygens (including phenoxy) is 2. The van der Waals surface area contributed by atoms with Crippen LogP contribution in [0.4, 0.5) is 0 Å². The van der Waals surface area contributed by atoms with Crippen molar-refractivity contribution in [3.63, 3.8) is 0 Å².